The molecule has 0 aliphatic carbocycles. The Labute approximate surface area is 173 Å². The minimum absolute atomic E-state index is 0.0175. The Morgan fingerprint density at radius 2 is 2.00 bits per heavy atom. The lowest BCUT2D eigenvalue weighted by atomic mass is 10.1. The van der Waals surface area contributed by atoms with Gasteiger partial charge in [-0.05, 0) is 36.8 Å². The van der Waals surface area contributed by atoms with Gasteiger partial charge < -0.3 is 15.8 Å². The molecule has 0 radical (unpaired) electrons. The summed E-state index contributed by atoms with van der Waals surface area (Å²) in [5.74, 6) is -0.335. The number of carbonyl (C=O) groups excluding carboxylic acids is 1. The maximum absolute atomic E-state index is 12.8. The van der Waals surface area contributed by atoms with Gasteiger partial charge in [-0.3, -0.25) is 0 Å². The van der Waals surface area contributed by atoms with Gasteiger partial charge in [0.1, 0.15) is 11.5 Å². The van der Waals surface area contributed by atoms with Gasteiger partial charge in [-0.15, -0.1) is 0 Å². The van der Waals surface area contributed by atoms with Gasteiger partial charge in [-0.1, -0.05) is 30.1 Å². The van der Waals surface area contributed by atoms with E-state index in [1.54, 1.807) is 12.1 Å². The van der Waals surface area contributed by atoms with Crippen LogP contribution in [0.4, 0.5) is 11.4 Å². The number of sulfonamides is 1. The number of benzene rings is 2. The maximum atomic E-state index is 12.8. The lowest BCUT2D eigenvalue weighted by Crippen LogP contribution is -2.39. The fourth-order valence-corrected chi connectivity index (χ4v) is 5.20. The number of cyclic esters (lactones) is 1. The topological polar surface area (TPSA) is 111 Å². The van der Waals surface area contributed by atoms with Gasteiger partial charge in [-0.2, -0.15) is 0 Å². The molecule has 0 fully saturated rings. The van der Waals surface area contributed by atoms with Gasteiger partial charge in [0.05, 0.1) is 16.3 Å². The minimum Gasteiger partial charge on any atom is -0.457 e. The molecular formula is C18H19Cl2N3O4S. The van der Waals surface area contributed by atoms with E-state index in [1.807, 2.05) is 13.0 Å². The van der Waals surface area contributed by atoms with Crippen molar-refractivity contribution < 1.29 is 17.9 Å². The molecule has 0 spiro atoms. The van der Waals surface area contributed by atoms with Crippen LogP contribution in [0.15, 0.2) is 35.2 Å². The molecule has 1 aliphatic rings. The molecule has 28 heavy (non-hydrogen) atoms. The Hall–Kier alpha value is -2.00. The van der Waals surface area contributed by atoms with Crippen LogP contribution < -0.4 is 15.8 Å². The van der Waals surface area contributed by atoms with E-state index in [4.69, 9.17) is 33.7 Å². The molecule has 2 aromatic rings. The zero-order valence-corrected chi connectivity index (χ0v) is 17.3. The maximum Gasteiger partial charge on any atom is 0.338 e. The van der Waals surface area contributed by atoms with E-state index in [-0.39, 0.29) is 33.2 Å². The highest BCUT2D eigenvalue weighted by atomic mass is 35.5. The highest BCUT2D eigenvalue weighted by Crippen LogP contribution is 2.31. The fraction of sp³-hybridized carbons (Fsp3) is 0.278. The first kappa shape index (κ1) is 20.7. The van der Waals surface area contributed by atoms with Crippen molar-refractivity contribution in [1.82, 2.24) is 4.72 Å². The number of nitrogens with one attached hydrogen (secondary N) is 2. The van der Waals surface area contributed by atoms with Crippen LogP contribution in [-0.2, 0) is 21.4 Å². The van der Waals surface area contributed by atoms with Crippen LogP contribution >= 0.6 is 23.2 Å². The van der Waals surface area contributed by atoms with E-state index in [9.17, 15) is 13.2 Å². The number of carbonyl (C=O) groups is 1. The van der Waals surface area contributed by atoms with Gasteiger partial charge >= 0.3 is 5.97 Å². The summed E-state index contributed by atoms with van der Waals surface area (Å²) in [5.41, 5.74) is 7.90. The van der Waals surface area contributed by atoms with Gasteiger partial charge in [0.15, 0.2) is 0 Å². The number of ether oxygens (including phenoxy) is 1. The highest BCUT2D eigenvalue weighted by Gasteiger charge is 2.25. The number of hydrogen-bond acceptors (Lipinski definition) is 6. The summed E-state index contributed by atoms with van der Waals surface area (Å²) >= 11 is 11.9. The van der Waals surface area contributed by atoms with E-state index in [2.05, 4.69) is 10.0 Å². The number of esters is 1. The summed E-state index contributed by atoms with van der Waals surface area (Å²) in [7, 11) is -3.94. The van der Waals surface area contributed by atoms with Crippen molar-refractivity contribution in [3.8, 4) is 0 Å². The third-order valence-electron chi connectivity index (χ3n) is 4.36. The standard InChI is InChI=1S/C18H19Cl2N3O4S/c1-2-12(8-22-13-3-4-14-10(5-13)9-27-18(14)24)23-28(25,26)17-15(20)6-11(19)7-16(17)21/h3-7,12,22-23H,2,8-9,21H2,1H3. The zero-order chi connectivity index (χ0) is 20.5. The first-order chi connectivity index (χ1) is 13.2. The third-order valence-corrected chi connectivity index (χ3v) is 6.62. The number of nitrogen functional groups attached to an aromatic ring is 1. The average molecular weight is 444 g/mol. The van der Waals surface area contributed by atoms with Gasteiger partial charge in [0, 0.05) is 28.9 Å². The molecule has 3 rings (SSSR count). The predicted molar refractivity (Wildman–Crippen MR) is 109 cm³/mol. The van der Waals surface area contributed by atoms with Crippen LogP contribution in [0.1, 0.15) is 29.3 Å². The summed E-state index contributed by atoms with van der Waals surface area (Å²) in [6.45, 7) is 2.42. The molecule has 150 valence electrons. The van der Waals surface area contributed by atoms with Crippen molar-refractivity contribution in [1.29, 1.82) is 0 Å². The number of fused-ring (bicyclic) bond motifs is 1. The quantitative estimate of drug-likeness (QED) is 0.446. The smallest absolute Gasteiger partial charge is 0.338 e. The van der Waals surface area contributed by atoms with Crippen molar-refractivity contribution in [2.24, 2.45) is 0 Å². The van der Waals surface area contributed by atoms with Crippen molar-refractivity contribution in [2.75, 3.05) is 17.6 Å². The molecule has 4 N–H and O–H groups in total. The zero-order valence-electron chi connectivity index (χ0n) is 15.0. The van der Waals surface area contributed by atoms with Crippen molar-refractivity contribution in [3.05, 3.63) is 51.5 Å². The second-order valence-electron chi connectivity index (χ2n) is 6.36. The number of rotatable bonds is 7. The average Bonchev–Trinajstić information content (AvgIpc) is 2.97. The molecule has 1 unspecified atom stereocenters. The van der Waals surface area contributed by atoms with Crippen LogP contribution in [0.2, 0.25) is 10.0 Å². The van der Waals surface area contributed by atoms with Crippen molar-refractivity contribution in [3.63, 3.8) is 0 Å². The Morgan fingerprint density at radius 3 is 2.68 bits per heavy atom. The van der Waals surface area contributed by atoms with Crippen LogP contribution in [-0.4, -0.2) is 27.0 Å². The molecule has 0 bridgehead atoms. The minimum atomic E-state index is -3.94. The van der Waals surface area contributed by atoms with Gasteiger partial charge in [-0.25, -0.2) is 17.9 Å². The molecule has 0 amide bonds. The normalized spacial score (nSPS) is 14.5. The Balaban J connectivity index is 1.72. The Kier molecular flexibility index (Phi) is 6.04. The van der Waals surface area contributed by atoms with E-state index in [0.717, 1.165) is 11.3 Å². The number of halogens is 2. The van der Waals surface area contributed by atoms with Crippen LogP contribution in [0, 0.1) is 0 Å². The molecule has 7 nitrogen and oxygen atoms in total. The molecule has 0 saturated heterocycles. The Bertz CT molecular complexity index is 1000. The Morgan fingerprint density at radius 1 is 1.25 bits per heavy atom. The van der Waals surface area contributed by atoms with Gasteiger partial charge in [0.2, 0.25) is 10.0 Å². The highest BCUT2D eigenvalue weighted by molar-refractivity contribution is 7.89. The third kappa shape index (κ3) is 4.35. The lowest BCUT2D eigenvalue weighted by Gasteiger charge is -2.20. The molecule has 2 aromatic carbocycles. The lowest BCUT2D eigenvalue weighted by molar-refractivity contribution is 0.0535. The first-order valence-corrected chi connectivity index (χ1v) is 10.8. The summed E-state index contributed by atoms with van der Waals surface area (Å²) in [6.07, 6.45) is 0.532. The van der Waals surface area contributed by atoms with E-state index in [1.165, 1.54) is 12.1 Å². The number of nitrogens with two attached hydrogens (primary N) is 1. The number of hydrogen-bond donors (Lipinski definition) is 3. The van der Waals surface area contributed by atoms with Crippen LogP contribution in [0.3, 0.4) is 0 Å². The van der Waals surface area contributed by atoms with Crippen LogP contribution in [0.25, 0.3) is 0 Å². The molecule has 10 heteroatoms. The summed E-state index contributed by atoms with van der Waals surface area (Å²) < 4.78 is 33.1. The first-order valence-electron chi connectivity index (χ1n) is 8.52. The monoisotopic (exact) mass is 443 g/mol. The summed E-state index contributed by atoms with van der Waals surface area (Å²) in [6, 6.07) is 7.51. The molecule has 1 aliphatic heterocycles. The van der Waals surface area contributed by atoms with E-state index >= 15 is 0 Å². The SMILES string of the molecule is CCC(CNc1ccc2c(c1)COC2=O)NS(=O)(=O)c1c(N)cc(Cl)cc1Cl. The molecule has 0 aromatic heterocycles. The van der Waals surface area contributed by atoms with Crippen molar-refractivity contribution >= 4 is 50.6 Å². The molecular weight excluding hydrogens is 425 g/mol. The summed E-state index contributed by atoms with van der Waals surface area (Å²) in [5, 5.41) is 3.39. The van der Waals surface area contributed by atoms with Crippen LogP contribution in [0.5, 0.6) is 0 Å². The fourth-order valence-electron chi connectivity index (χ4n) is 2.90. The predicted octanol–water partition coefficient (Wildman–Crippen LogP) is 3.42. The second kappa shape index (κ2) is 8.16. The summed E-state index contributed by atoms with van der Waals surface area (Å²) in [4.78, 5) is 11.3. The van der Waals surface area contributed by atoms with Gasteiger partial charge in [0.25, 0.3) is 0 Å². The molecule has 0 saturated carbocycles. The van der Waals surface area contributed by atoms with Crippen molar-refractivity contribution in [2.45, 2.75) is 30.9 Å². The molecule has 1 atom stereocenters. The molecule has 1 heterocycles. The second-order valence-corrected chi connectivity index (χ2v) is 8.86. The largest absolute Gasteiger partial charge is 0.457 e. The van der Waals surface area contributed by atoms with E-state index < -0.39 is 16.1 Å². The number of anilines is 2. The van der Waals surface area contributed by atoms with E-state index in [0.29, 0.717) is 18.5 Å².